The van der Waals surface area contributed by atoms with Gasteiger partial charge in [-0.1, -0.05) is 0 Å². The molecule has 0 aromatic carbocycles. The van der Waals surface area contributed by atoms with Crippen LogP contribution in [-0.2, 0) is 0 Å². The topological polar surface area (TPSA) is 26.0 Å². The quantitative estimate of drug-likeness (QED) is 0.714. The first kappa shape index (κ1) is 8.89. The maximum atomic E-state index is 5.82. The van der Waals surface area contributed by atoms with Crippen LogP contribution in [-0.4, -0.2) is 17.5 Å². The van der Waals surface area contributed by atoms with E-state index >= 15 is 0 Å². The van der Waals surface area contributed by atoms with Crippen LogP contribution in [0, 0.1) is 11.3 Å². The van der Waals surface area contributed by atoms with E-state index in [-0.39, 0.29) is 0 Å². The first-order chi connectivity index (χ1) is 5.73. The molecule has 0 bridgehead atoms. The first-order valence-corrected chi connectivity index (χ1v) is 6.22. The fraction of sp³-hybridized carbons (Fsp3) is 1.00. The van der Waals surface area contributed by atoms with Crippen LogP contribution in [0.2, 0.25) is 0 Å². The number of nitrogens with two attached hydrogens (primary N) is 1. The Balaban J connectivity index is 1.83. The zero-order valence-corrected chi connectivity index (χ0v) is 8.70. The maximum absolute atomic E-state index is 5.82. The van der Waals surface area contributed by atoms with Gasteiger partial charge in [-0.25, -0.2) is 0 Å². The average Bonchev–Trinajstić information content (AvgIpc) is 2.63. The van der Waals surface area contributed by atoms with Crippen molar-refractivity contribution in [3.8, 4) is 0 Å². The smallest absolute Gasteiger partial charge is 0.00133 e. The normalized spacial score (nSPS) is 35.0. The van der Waals surface area contributed by atoms with Gasteiger partial charge in [0.1, 0.15) is 0 Å². The molecule has 1 aliphatic carbocycles. The highest BCUT2D eigenvalue weighted by Crippen LogP contribution is 2.62. The third kappa shape index (κ3) is 1.64. The molecule has 2 N–H and O–H groups in total. The molecule has 1 spiro atoms. The summed E-state index contributed by atoms with van der Waals surface area (Å²) >= 11 is 2.13. The van der Waals surface area contributed by atoms with Gasteiger partial charge in [-0.15, -0.1) is 0 Å². The molecular weight excluding hydrogens is 166 g/mol. The predicted molar refractivity (Wildman–Crippen MR) is 55.4 cm³/mol. The van der Waals surface area contributed by atoms with Crippen molar-refractivity contribution in [2.75, 3.05) is 11.5 Å². The molecule has 1 saturated heterocycles. The van der Waals surface area contributed by atoms with E-state index in [0.29, 0.717) is 6.04 Å². The molecular formula is C10H19NS. The zero-order valence-electron chi connectivity index (χ0n) is 7.88. The Morgan fingerprint density at radius 3 is 2.75 bits per heavy atom. The maximum Gasteiger partial charge on any atom is 0.00133 e. The van der Waals surface area contributed by atoms with Crippen LogP contribution >= 0.6 is 11.8 Å². The van der Waals surface area contributed by atoms with E-state index < -0.39 is 0 Å². The van der Waals surface area contributed by atoms with Crippen LogP contribution in [0.4, 0.5) is 0 Å². The monoisotopic (exact) mass is 185 g/mol. The van der Waals surface area contributed by atoms with Crippen LogP contribution in [0.3, 0.4) is 0 Å². The third-order valence-corrected chi connectivity index (χ3v) is 4.49. The highest BCUT2D eigenvalue weighted by Gasteiger charge is 2.53. The molecule has 70 valence electrons. The van der Waals surface area contributed by atoms with Crippen molar-refractivity contribution in [1.82, 2.24) is 0 Å². The Bertz CT molecular complexity index is 161. The zero-order chi connectivity index (χ0) is 8.60. The van der Waals surface area contributed by atoms with Crippen molar-refractivity contribution in [2.24, 2.45) is 17.1 Å². The molecule has 2 atom stereocenters. The Hall–Kier alpha value is 0.310. The lowest BCUT2D eigenvalue weighted by Crippen LogP contribution is -2.19. The van der Waals surface area contributed by atoms with E-state index in [9.17, 15) is 0 Å². The second-order valence-corrected chi connectivity index (χ2v) is 5.81. The third-order valence-electron chi connectivity index (χ3n) is 3.50. The van der Waals surface area contributed by atoms with E-state index in [0.717, 1.165) is 11.3 Å². The van der Waals surface area contributed by atoms with Gasteiger partial charge >= 0.3 is 0 Å². The van der Waals surface area contributed by atoms with E-state index in [4.69, 9.17) is 5.73 Å². The lowest BCUT2D eigenvalue weighted by atomic mass is 9.94. The fourth-order valence-electron chi connectivity index (χ4n) is 2.60. The number of thioether (sulfide) groups is 1. The molecule has 1 heterocycles. The van der Waals surface area contributed by atoms with Crippen molar-refractivity contribution >= 4 is 11.8 Å². The standard InChI is InChI=1S/C10H19NS/c1-8(11)6-9-7-10(9)2-4-12-5-3-10/h8-9H,2-7,11H2,1H3. The predicted octanol–water partition coefficient (Wildman–Crippen LogP) is 2.26. The van der Waals surface area contributed by atoms with Gasteiger partial charge in [-0.05, 0) is 55.4 Å². The average molecular weight is 185 g/mol. The lowest BCUT2D eigenvalue weighted by Gasteiger charge is -2.22. The molecule has 0 aromatic rings. The minimum atomic E-state index is 0.420. The Morgan fingerprint density at radius 1 is 1.50 bits per heavy atom. The van der Waals surface area contributed by atoms with Crippen molar-refractivity contribution in [3.63, 3.8) is 0 Å². The van der Waals surface area contributed by atoms with E-state index in [1.54, 1.807) is 0 Å². The first-order valence-electron chi connectivity index (χ1n) is 5.06. The van der Waals surface area contributed by atoms with Crippen molar-refractivity contribution < 1.29 is 0 Å². The SMILES string of the molecule is CC(N)CC1CC12CCSCC2. The summed E-state index contributed by atoms with van der Waals surface area (Å²) < 4.78 is 0. The minimum absolute atomic E-state index is 0.420. The molecule has 2 rings (SSSR count). The van der Waals surface area contributed by atoms with Crippen molar-refractivity contribution in [1.29, 1.82) is 0 Å². The van der Waals surface area contributed by atoms with Crippen LogP contribution < -0.4 is 5.73 Å². The molecule has 1 saturated carbocycles. The molecule has 1 aliphatic heterocycles. The van der Waals surface area contributed by atoms with Crippen molar-refractivity contribution in [2.45, 2.75) is 38.6 Å². The van der Waals surface area contributed by atoms with Gasteiger partial charge in [0.15, 0.2) is 0 Å². The molecule has 0 aromatic heterocycles. The van der Waals surface area contributed by atoms with Gasteiger partial charge in [-0.3, -0.25) is 0 Å². The van der Waals surface area contributed by atoms with E-state index in [1.165, 1.54) is 37.2 Å². The molecule has 2 unspecified atom stereocenters. The van der Waals surface area contributed by atoms with Gasteiger partial charge < -0.3 is 5.73 Å². The van der Waals surface area contributed by atoms with Crippen molar-refractivity contribution in [3.05, 3.63) is 0 Å². The summed E-state index contributed by atoms with van der Waals surface area (Å²) in [5.41, 5.74) is 6.59. The lowest BCUT2D eigenvalue weighted by molar-refractivity contribution is 0.396. The molecule has 12 heavy (non-hydrogen) atoms. The van der Waals surface area contributed by atoms with Gasteiger partial charge in [0, 0.05) is 6.04 Å². The summed E-state index contributed by atoms with van der Waals surface area (Å²) in [6.45, 7) is 2.14. The van der Waals surface area contributed by atoms with Gasteiger partial charge in [0.25, 0.3) is 0 Å². The molecule has 0 amide bonds. The largest absolute Gasteiger partial charge is 0.328 e. The summed E-state index contributed by atoms with van der Waals surface area (Å²) in [6.07, 6.45) is 5.68. The Labute approximate surface area is 79.5 Å². The highest BCUT2D eigenvalue weighted by atomic mass is 32.2. The van der Waals surface area contributed by atoms with Crippen LogP contribution in [0.25, 0.3) is 0 Å². The summed E-state index contributed by atoms with van der Waals surface area (Å²) in [7, 11) is 0. The van der Waals surface area contributed by atoms with Gasteiger partial charge in [0.05, 0.1) is 0 Å². The molecule has 1 nitrogen and oxygen atoms in total. The van der Waals surface area contributed by atoms with Crippen LogP contribution in [0.5, 0.6) is 0 Å². The summed E-state index contributed by atoms with van der Waals surface area (Å²) in [5, 5.41) is 0. The second-order valence-electron chi connectivity index (χ2n) is 4.59. The van der Waals surface area contributed by atoms with Gasteiger partial charge in [0.2, 0.25) is 0 Å². The fourth-order valence-corrected chi connectivity index (χ4v) is 3.91. The summed E-state index contributed by atoms with van der Waals surface area (Å²) in [4.78, 5) is 0. The minimum Gasteiger partial charge on any atom is -0.328 e. The molecule has 2 fully saturated rings. The second kappa shape index (κ2) is 3.22. The highest BCUT2D eigenvalue weighted by molar-refractivity contribution is 7.99. The van der Waals surface area contributed by atoms with Crippen LogP contribution in [0.1, 0.15) is 32.6 Å². The van der Waals surface area contributed by atoms with Crippen LogP contribution in [0.15, 0.2) is 0 Å². The number of rotatable bonds is 2. The summed E-state index contributed by atoms with van der Waals surface area (Å²) in [6, 6.07) is 0.420. The van der Waals surface area contributed by atoms with E-state index in [2.05, 4.69) is 18.7 Å². The number of hydrogen-bond acceptors (Lipinski definition) is 2. The molecule has 0 radical (unpaired) electrons. The van der Waals surface area contributed by atoms with Gasteiger partial charge in [-0.2, -0.15) is 11.8 Å². The number of hydrogen-bond donors (Lipinski definition) is 1. The van der Waals surface area contributed by atoms with E-state index in [1.807, 2.05) is 0 Å². The Kier molecular flexibility index (Phi) is 2.39. The summed E-state index contributed by atoms with van der Waals surface area (Å²) in [5.74, 6) is 3.78. The molecule has 2 aliphatic rings. The molecule has 2 heteroatoms. The Morgan fingerprint density at radius 2 is 2.17 bits per heavy atom.